The van der Waals surface area contributed by atoms with Gasteiger partial charge in [0.1, 0.15) is 6.10 Å². The summed E-state index contributed by atoms with van der Waals surface area (Å²) in [5, 5.41) is 12.2. The van der Waals surface area contributed by atoms with Crippen LogP contribution in [-0.4, -0.2) is 20.1 Å². The maximum atomic E-state index is 10.9. The van der Waals surface area contributed by atoms with Crippen LogP contribution in [0.4, 0.5) is 0 Å². The number of nitrogens with one attached hydrogen (secondary N) is 1. The van der Waals surface area contributed by atoms with E-state index in [2.05, 4.69) is 11.3 Å². The third-order valence-electron chi connectivity index (χ3n) is 1.57. The lowest BCUT2D eigenvalue weighted by atomic mass is 10.3. The Morgan fingerprint density at radius 2 is 2.43 bits per heavy atom. The highest BCUT2D eigenvalue weighted by Crippen LogP contribution is 2.17. The van der Waals surface area contributed by atoms with E-state index in [-0.39, 0.29) is 6.54 Å². The molecule has 0 aliphatic rings. The first kappa shape index (κ1) is 11.4. The fourth-order valence-corrected chi connectivity index (χ4v) is 2.06. The summed E-state index contributed by atoms with van der Waals surface area (Å²) >= 11 is 1.38. The zero-order chi connectivity index (χ0) is 10.6. The largest absolute Gasteiger partial charge is 0.386 e. The van der Waals surface area contributed by atoms with Crippen molar-refractivity contribution in [1.29, 1.82) is 0 Å². The quantitative estimate of drug-likeness (QED) is 0.792. The van der Waals surface area contributed by atoms with E-state index in [1.807, 2.05) is 5.38 Å². The average Bonchev–Trinajstić information content (AvgIpc) is 2.67. The van der Waals surface area contributed by atoms with Gasteiger partial charge in [-0.2, -0.15) is 0 Å². The fourth-order valence-electron chi connectivity index (χ4n) is 0.835. The van der Waals surface area contributed by atoms with Crippen LogP contribution >= 0.6 is 11.3 Å². The molecule has 0 saturated heterocycles. The van der Waals surface area contributed by atoms with Crippen molar-refractivity contribution in [2.24, 2.45) is 0 Å². The van der Waals surface area contributed by atoms with Crippen molar-refractivity contribution in [2.75, 3.05) is 6.54 Å². The molecule has 0 fully saturated rings. The molecule has 6 heteroatoms. The van der Waals surface area contributed by atoms with Gasteiger partial charge in [-0.25, -0.2) is 13.1 Å². The minimum atomic E-state index is -3.45. The first-order chi connectivity index (χ1) is 6.55. The normalized spacial score (nSPS) is 13.8. The Balaban J connectivity index is 2.51. The number of hydrogen-bond donors (Lipinski definition) is 2. The van der Waals surface area contributed by atoms with Gasteiger partial charge in [0, 0.05) is 16.8 Å². The highest BCUT2D eigenvalue weighted by molar-refractivity contribution is 7.92. The van der Waals surface area contributed by atoms with E-state index in [0.717, 1.165) is 10.3 Å². The average molecular weight is 233 g/mol. The molecule has 1 aromatic heterocycles. The molecule has 78 valence electrons. The van der Waals surface area contributed by atoms with E-state index in [1.165, 1.54) is 11.3 Å². The van der Waals surface area contributed by atoms with E-state index >= 15 is 0 Å². The van der Waals surface area contributed by atoms with Crippen molar-refractivity contribution < 1.29 is 13.5 Å². The lowest BCUT2D eigenvalue weighted by Crippen LogP contribution is -2.26. The summed E-state index contributed by atoms with van der Waals surface area (Å²) in [4.78, 5) is 0.733. The van der Waals surface area contributed by atoms with Gasteiger partial charge in [-0.15, -0.1) is 11.3 Å². The van der Waals surface area contributed by atoms with Crippen LogP contribution in [0.15, 0.2) is 29.5 Å². The second-order valence-corrected chi connectivity index (χ2v) is 5.28. The summed E-state index contributed by atoms with van der Waals surface area (Å²) in [5.41, 5.74) is 0. The third-order valence-corrected chi connectivity index (χ3v) is 3.55. The second-order valence-electron chi connectivity index (χ2n) is 2.59. The Kier molecular flexibility index (Phi) is 3.82. The predicted molar refractivity (Wildman–Crippen MR) is 56.4 cm³/mol. The maximum Gasteiger partial charge on any atom is 0.233 e. The summed E-state index contributed by atoms with van der Waals surface area (Å²) in [6.07, 6.45) is -0.801. The molecule has 0 bridgehead atoms. The van der Waals surface area contributed by atoms with Crippen LogP contribution in [0, 0.1) is 0 Å². The summed E-state index contributed by atoms with van der Waals surface area (Å²) in [6, 6.07) is 3.54. The molecule has 1 aromatic rings. The molecule has 0 aliphatic carbocycles. The second kappa shape index (κ2) is 4.70. The minimum absolute atomic E-state index is 0.0329. The van der Waals surface area contributed by atoms with E-state index in [1.54, 1.807) is 12.1 Å². The Morgan fingerprint density at radius 1 is 1.71 bits per heavy atom. The van der Waals surface area contributed by atoms with Crippen LogP contribution in [0.1, 0.15) is 11.0 Å². The molecule has 14 heavy (non-hydrogen) atoms. The molecule has 1 atom stereocenters. The molecular weight excluding hydrogens is 222 g/mol. The van der Waals surface area contributed by atoms with E-state index < -0.39 is 16.1 Å². The predicted octanol–water partition coefficient (Wildman–Crippen LogP) is 0.844. The number of sulfonamides is 1. The summed E-state index contributed by atoms with van der Waals surface area (Å²) in [7, 11) is -3.45. The Bertz CT molecular complexity index is 383. The maximum absolute atomic E-state index is 10.9. The highest BCUT2D eigenvalue weighted by atomic mass is 32.2. The molecule has 1 heterocycles. The Hall–Kier alpha value is -0.690. The molecular formula is C8H11NO3S2. The fraction of sp³-hybridized carbons (Fsp3) is 0.250. The molecule has 0 aromatic carbocycles. The van der Waals surface area contributed by atoms with Crippen molar-refractivity contribution in [3.63, 3.8) is 0 Å². The van der Waals surface area contributed by atoms with Crippen LogP contribution in [-0.2, 0) is 10.0 Å². The number of aliphatic hydroxyl groups is 1. The monoisotopic (exact) mass is 233 g/mol. The molecule has 0 amide bonds. The van der Waals surface area contributed by atoms with Gasteiger partial charge in [-0.05, 0) is 11.4 Å². The summed E-state index contributed by atoms with van der Waals surface area (Å²) in [6.45, 7) is 3.11. The van der Waals surface area contributed by atoms with Crippen molar-refractivity contribution >= 4 is 21.4 Å². The van der Waals surface area contributed by atoms with Gasteiger partial charge >= 0.3 is 0 Å². The Labute approximate surface area is 86.9 Å². The van der Waals surface area contributed by atoms with E-state index in [4.69, 9.17) is 0 Å². The van der Waals surface area contributed by atoms with Crippen LogP contribution in [0.2, 0.25) is 0 Å². The van der Waals surface area contributed by atoms with Gasteiger partial charge in [-0.1, -0.05) is 12.6 Å². The molecule has 0 spiro atoms. The lowest BCUT2D eigenvalue weighted by molar-refractivity contribution is 0.186. The Morgan fingerprint density at radius 3 is 2.93 bits per heavy atom. The molecule has 1 unspecified atom stereocenters. The van der Waals surface area contributed by atoms with Crippen LogP contribution in [0.3, 0.4) is 0 Å². The zero-order valence-corrected chi connectivity index (χ0v) is 9.01. The smallest absolute Gasteiger partial charge is 0.233 e. The summed E-state index contributed by atoms with van der Waals surface area (Å²) < 4.78 is 24.1. The summed E-state index contributed by atoms with van der Waals surface area (Å²) in [5.74, 6) is 0. The molecule has 4 nitrogen and oxygen atoms in total. The molecule has 0 saturated carbocycles. The van der Waals surface area contributed by atoms with E-state index in [0.29, 0.717) is 0 Å². The molecule has 0 radical (unpaired) electrons. The van der Waals surface area contributed by atoms with Crippen molar-refractivity contribution in [3.8, 4) is 0 Å². The van der Waals surface area contributed by atoms with Crippen LogP contribution < -0.4 is 4.72 Å². The number of rotatable bonds is 5. The molecule has 1 rings (SSSR count). The van der Waals surface area contributed by atoms with Crippen molar-refractivity contribution in [1.82, 2.24) is 4.72 Å². The van der Waals surface area contributed by atoms with Crippen LogP contribution in [0.5, 0.6) is 0 Å². The van der Waals surface area contributed by atoms with Gasteiger partial charge in [0.05, 0.1) is 0 Å². The van der Waals surface area contributed by atoms with Gasteiger partial charge in [0.15, 0.2) is 0 Å². The topological polar surface area (TPSA) is 66.4 Å². The first-order valence-electron chi connectivity index (χ1n) is 3.89. The van der Waals surface area contributed by atoms with Crippen molar-refractivity contribution in [2.45, 2.75) is 6.10 Å². The van der Waals surface area contributed by atoms with Gasteiger partial charge < -0.3 is 5.11 Å². The van der Waals surface area contributed by atoms with Crippen molar-refractivity contribution in [3.05, 3.63) is 34.4 Å². The highest BCUT2D eigenvalue weighted by Gasteiger charge is 2.11. The number of aliphatic hydroxyl groups excluding tert-OH is 1. The SMILES string of the molecule is C=CS(=O)(=O)NCC(O)c1cccs1. The lowest BCUT2D eigenvalue weighted by Gasteiger charge is -2.08. The van der Waals surface area contributed by atoms with Gasteiger partial charge in [-0.3, -0.25) is 0 Å². The zero-order valence-electron chi connectivity index (χ0n) is 7.38. The minimum Gasteiger partial charge on any atom is -0.386 e. The van der Waals surface area contributed by atoms with Crippen LogP contribution in [0.25, 0.3) is 0 Å². The number of hydrogen-bond acceptors (Lipinski definition) is 4. The van der Waals surface area contributed by atoms with Gasteiger partial charge in [0.2, 0.25) is 10.0 Å². The molecule has 2 N–H and O–H groups in total. The van der Waals surface area contributed by atoms with E-state index in [9.17, 15) is 13.5 Å². The molecule has 0 aliphatic heterocycles. The standard InChI is InChI=1S/C8H11NO3S2/c1-2-14(11,12)9-6-7(10)8-4-3-5-13-8/h2-5,7,9-10H,1,6H2. The number of thiophene rings is 1. The third kappa shape index (κ3) is 3.22. The first-order valence-corrected chi connectivity index (χ1v) is 6.31. The van der Waals surface area contributed by atoms with Gasteiger partial charge in [0.25, 0.3) is 0 Å².